The number of benzene rings is 2. The summed E-state index contributed by atoms with van der Waals surface area (Å²) in [5.74, 6) is 0.311. The van der Waals surface area contributed by atoms with E-state index in [2.05, 4.69) is 9.97 Å². The molecule has 2 aromatic carbocycles. The fraction of sp³-hybridized carbons (Fsp3) is 0.304. The van der Waals surface area contributed by atoms with Crippen molar-refractivity contribution in [2.45, 2.75) is 31.7 Å². The third-order valence-electron chi connectivity index (χ3n) is 5.95. The zero-order chi connectivity index (χ0) is 20.7. The molecule has 0 unspecified atom stereocenters. The van der Waals surface area contributed by atoms with Crippen molar-refractivity contribution in [3.05, 3.63) is 65.5 Å². The molecule has 0 spiro atoms. The van der Waals surface area contributed by atoms with Crippen LogP contribution in [0.15, 0.2) is 48.5 Å². The molecule has 30 heavy (non-hydrogen) atoms. The summed E-state index contributed by atoms with van der Waals surface area (Å²) in [7, 11) is 0. The van der Waals surface area contributed by atoms with Gasteiger partial charge in [-0.1, -0.05) is 24.3 Å². The van der Waals surface area contributed by atoms with E-state index in [1.54, 1.807) is 24.3 Å². The number of imide groups is 1. The second-order valence-corrected chi connectivity index (χ2v) is 7.80. The van der Waals surface area contributed by atoms with E-state index in [-0.39, 0.29) is 30.3 Å². The number of aromatic nitrogens is 2. The van der Waals surface area contributed by atoms with Crippen LogP contribution in [0.25, 0.3) is 11.0 Å². The van der Waals surface area contributed by atoms with Crippen molar-refractivity contribution in [2.75, 3.05) is 13.1 Å². The normalized spacial score (nSPS) is 18.5. The minimum Gasteiger partial charge on any atom is -0.340 e. The number of carbonyl (C=O) groups excluding carboxylic acids is 3. The number of nitrogens with zero attached hydrogens (tertiary/aromatic N) is 3. The molecule has 7 heteroatoms. The molecular formula is C23H22N4O3. The van der Waals surface area contributed by atoms with Crippen LogP contribution in [0.5, 0.6) is 0 Å². The van der Waals surface area contributed by atoms with Crippen molar-refractivity contribution in [3.8, 4) is 0 Å². The van der Waals surface area contributed by atoms with Gasteiger partial charge in [-0.05, 0) is 43.5 Å². The van der Waals surface area contributed by atoms with Crippen molar-refractivity contribution in [1.29, 1.82) is 0 Å². The van der Waals surface area contributed by atoms with Gasteiger partial charge in [0.1, 0.15) is 5.82 Å². The maximum Gasteiger partial charge on any atom is 0.261 e. The van der Waals surface area contributed by atoms with E-state index in [0.29, 0.717) is 30.5 Å². The molecule has 3 aromatic rings. The number of nitrogens with one attached hydrogen (secondary N) is 1. The van der Waals surface area contributed by atoms with Gasteiger partial charge in [0, 0.05) is 19.5 Å². The molecule has 3 amide bonds. The van der Waals surface area contributed by atoms with E-state index in [1.165, 1.54) is 4.90 Å². The van der Waals surface area contributed by atoms with Crippen molar-refractivity contribution in [2.24, 2.45) is 0 Å². The summed E-state index contributed by atoms with van der Waals surface area (Å²) < 4.78 is 0. The molecule has 1 atom stereocenters. The summed E-state index contributed by atoms with van der Waals surface area (Å²) in [6, 6.07) is 14.6. The third kappa shape index (κ3) is 3.07. The first-order chi connectivity index (χ1) is 14.6. The Hall–Kier alpha value is -3.48. The Balaban J connectivity index is 1.22. The van der Waals surface area contributed by atoms with Crippen molar-refractivity contribution in [1.82, 2.24) is 19.8 Å². The smallest absolute Gasteiger partial charge is 0.261 e. The van der Waals surface area contributed by atoms with Gasteiger partial charge in [-0.2, -0.15) is 0 Å². The lowest BCUT2D eigenvalue weighted by Gasteiger charge is -2.23. The van der Waals surface area contributed by atoms with Gasteiger partial charge < -0.3 is 9.88 Å². The van der Waals surface area contributed by atoms with Gasteiger partial charge in [-0.15, -0.1) is 0 Å². The molecule has 0 bridgehead atoms. The molecule has 1 N–H and O–H groups in total. The first kappa shape index (κ1) is 18.5. The standard InChI is InChI=1S/C23H22N4O3/c28-20(12-6-14-27-22(29)15-7-1-2-8-16(15)23(27)30)26-13-5-11-19(26)21-24-17-9-3-4-10-18(17)25-21/h1-4,7-10,19H,5-6,11-14H2,(H,24,25)/t19-/m1/s1. The van der Waals surface area contributed by atoms with E-state index in [0.717, 1.165) is 29.7 Å². The highest BCUT2D eigenvalue weighted by molar-refractivity contribution is 6.21. The number of hydrogen-bond donors (Lipinski definition) is 1. The summed E-state index contributed by atoms with van der Waals surface area (Å²) in [5.41, 5.74) is 2.76. The molecule has 0 aliphatic carbocycles. The van der Waals surface area contributed by atoms with Crippen molar-refractivity contribution in [3.63, 3.8) is 0 Å². The Morgan fingerprint density at radius 1 is 1.03 bits per heavy atom. The van der Waals surface area contributed by atoms with E-state index < -0.39 is 0 Å². The van der Waals surface area contributed by atoms with Crippen LogP contribution >= 0.6 is 0 Å². The van der Waals surface area contributed by atoms with Gasteiger partial charge in [0.2, 0.25) is 5.91 Å². The van der Waals surface area contributed by atoms with Gasteiger partial charge in [-0.3, -0.25) is 19.3 Å². The van der Waals surface area contributed by atoms with Crippen LogP contribution in [0.3, 0.4) is 0 Å². The molecule has 2 aliphatic rings. The first-order valence-electron chi connectivity index (χ1n) is 10.3. The molecule has 1 saturated heterocycles. The van der Waals surface area contributed by atoms with Crippen LogP contribution in [0.1, 0.15) is 58.3 Å². The number of hydrogen-bond acceptors (Lipinski definition) is 4. The average Bonchev–Trinajstić information content (AvgIpc) is 3.47. The Morgan fingerprint density at radius 3 is 2.47 bits per heavy atom. The minimum absolute atomic E-state index is 0.0366. The largest absolute Gasteiger partial charge is 0.340 e. The third-order valence-corrected chi connectivity index (χ3v) is 5.95. The number of para-hydroxylation sites is 2. The SMILES string of the molecule is O=C1c2ccccc2C(=O)N1CCCC(=O)N1CCC[C@@H]1c1nc2ccccc2[nH]1. The summed E-state index contributed by atoms with van der Waals surface area (Å²) in [6.07, 6.45) is 2.56. The second-order valence-electron chi connectivity index (χ2n) is 7.80. The van der Waals surface area contributed by atoms with E-state index in [1.807, 2.05) is 29.2 Å². The number of imidazole rings is 1. The zero-order valence-electron chi connectivity index (χ0n) is 16.5. The van der Waals surface area contributed by atoms with Crippen molar-refractivity contribution >= 4 is 28.8 Å². The Morgan fingerprint density at radius 2 is 1.73 bits per heavy atom. The highest BCUT2D eigenvalue weighted by Gasteiger charge is 2.35. The number of likely N-dealkylation sites (tertiary alicyclic amines) is 1. The second kappa shape index (κ2) is 7.40. The fourth-order valence-electron chi connectivity index (χ4n) is 4.45. The predicted molar refractivity (Wildman–Crippen MR) is 111 cm³/mol. The number of fused-ring (bicyclic) bond motifs is 2. The summed E-state index contributed by atoms with van der Waals surface area (Å²) in [6.45, 7) is 0.953. The fourth-order valence-corrected chi connectivity index (χ4v) is 4.45. The lowest BCUT2D eigenvalue weighted by atomic mass is 10.1. The molecular weight excluding hydrogens is 380 g/mol. The maximum absolute atomic E-state index is 12.9. The van der Waals surface area contributed by atoms with Crippen LogP contribution in [0.4, 0.5) is 0 Å². The molecule has 2 aliphatic heterocycles. The molecule has 1 aromatic heterocycles. The Kier molecular flexibility index (Phi) is 4.58. The number of amides is 3. The van der Waals surface area contributed by atoms with Crippen LogP contribution in [-0.2, 0) is 4.79 Å². The average molecular weight is 402 g/mol. The van der Waals surface area contributed by atoms with E-state index in [4.69, 9.17) is 0 Å². The van der Waals surface area contributed by atoms with Gasteiger partial charge in [0.05, 0.1) is 28.2 Å². The highest BCUT2D eigenvalue weighted by Crippen LogP contribution is 2.32. The molecule has 3 heterocycles. The zero-order valence-corrected chi connectivity index (χ0v) is 16.5. The summed E-state index contributed by atoms with van der Waals surface area (Å²) in [4.78, 5) is 48.9. The number of H-pyrrole nitrogens is 1. The van der Waals surface area contributed by atoms with E-state index >= 15 is 0 Å². The van der Waals surface area contributed by atoms with Gasteiger partial charge in [-0.25, -0.2) is 4.98 Å². The maximum atomic E-state index is 12.9. The number of rotatable bonds is 5. The monoisotopic (exact) mass is 402 g/mol. The Bertz CT molecular complexity index is 1080. The topological polar surface area (TPSA) is 86.4 Å². The molecule has 7 nitrogen and oxygen atoms in total. The van der Waals surface area contributed by atoms with Crippen molar-refractivity contribution < 1.29 is 14.4 Å². The van der Waals surface area contributed by atoms with E-state index in [9.17, 15) is 14.4 Å². The van der Waals surface area contributed by atoms with Crippen LogP contribution in [0.2, 0.25) is 0 Å². The number of aromatic amines is 1. The molecule has 0 radical (unpaired) electrons. The van der Waals surface area contributed by atoms with Crippen LogP contribution in [0, 0.1) is 0 Å². The minimum atomic E-state index is -0.274. The summed E-state index contributed by atoms with van der Waals surface area (Å²) >= 11 is 0. The van der Waals surface area contributed by atoms with Crippen LogP contribution in [-0.4, -0.2) is 50.6 Å². The molecule has 1 fully saturated rings. The summed E-state index contributed by atoms with van der Waals surface area (Å²) in [5, 5.41) is 0. The van der Waals surface area contributed by atoms with Crippen LogP contribution < -0.4 is 0 Å². The highest BCUT2D eigenvalue weighted by atomic mass is 16.2. The quantitative estimate of drug-likeness (QED) is 0.664. The lowest BCUT2D eigenvalue weighted by molar-refractivity contribution is -0.132. The Labute approximate surface area is 173 Å². The van der Waals surface area contributed by atoms with Gasteiger partial charge >= 0.3 is 0 Å². The molecule has 152 valence electrons. The first-order valence-corrected chi connectivity index (χ1v) is 10.3. The van der Waals surface area contributed by atoms with Gasteiger partial charge in [0.25, 0.3) is 11.8 Å². The lowest BCUT2D eigenvalue weighted by Crippen LogP contribution is -2.34. The predicted octanol–water partition coefficient (Wildman–Crippen LogP) is 3.30. The number of carbonyl (C=O) groups is 3. The van der Waals surface area contributed by atoms with Gasteiger partial charge in [0.15, 0.2) is 0 Å². The molecule has 5 rings (SSSR count). The molecule has 0 saturated carbocycles.